The van der Waals surface area contributed by atoms with Gasteiger partial charge in [-0.25, -0.2) is 8.42 Å². The first-order valence-electron chi connectivity index (χ1n) is 6.40. The van der Waals surface area contributed by atoms with Gasteiger partial charge in [0.2, 0.25) is 10.0 Å². The minimum Gasteiger partial charge on any atom is -0.496 e. The van der Waals surface area contributed by atoms with Crippen molar-refractivity contribution in [1.82, 2.24) is 5.32 Å². The second-order valence-electron chi connectivity index (χ2n) is 4.78. The number of aryl methyl sites for hydroxylation is 1. The summed E-state index contributed by atoms with van der Waals surface area (Å²) in [4.78, 5) is 0. The molecule has 5 nitrogen and oxygen atoms in total. The van der Waals surface area contributed by atoms with E-state index in [4.69, 9.17) is 4.74 Å². The SMILES string of the molecule is COc1ccc(NS(=O)(=O)C2CCNCC2)cc1C. The first-order valence-corrected chi connectivity index (χ1v) is 7.94. The molecule has 106 valence electrons. The van der Waals surface area contributed by atoms with Gasteiger partial charge in [-0.2, -0.15) is 0 Å². The molecule has 0 radical (unpaired) electrons. The number of benzene rings is 1. The summed E-state index contributed by atoms with van der Waals surface area (Å²) in [5.74, 6) is 0.754. The Balaban J connectivity index is 2.13. The van der Waals surface area contributed by atoms with E-state index in [1.807, 2.05) is 6.92 Å². The van der Waals surface area contributed by atoms with Crippen molar-refractivity contribution < 1.29 is 13.2 Å². The number of hydrogen-bond acceptors (Lipinski definition) is 4. The molecule has 0 amide bonds. The van der Waals surface area contributed by atoms with Crippen LogP contribution < -0.4 is 14.8 Å². The van der Waals surface area contributed by atoms with E-state index < -0.39 is 10.0 Å². The number of methoxy groups -OCH3 is 1. The normalized spacial score (nSPS) is 17.2. The fourth-order valence-corrected chi connectivity index (χ4v) is 3.77. The summed E-state index contributed by atoms with van der Waals surface area (Å²) in [5, 5.41) is 2.86. The molecule has 0 aromatic heterocycles. The van der Waals surface area contributed by atoms with Crippen LogP contribution in [0.4, 0.5) is 5.69 Å². The third-order valence-corrected chi connectivity index (χ3v) is 5.25. The highest BCUT2D eigenvalue weighted by molar-refractivity contribution is 7.93. The molecule has 19 heavy (non-hydrogen) atoms. The Morgan fingerprint density at radius 2 is 2.00 bits per heavy atom. The van der Waals surface area contributed by atoms with Gasteiger partial charge in [0, 0.05) is 5.69 Å². The van der Waals surface area contributed by atoms with Gasteiger partial charge in [0.05, 0.1) is 12.4 Å². The number of ether oxygens (including phenoxy) is 1. The zero-order valence-corrected chi connectivity index (χ0v) is 12.1. The molecule has 2 rings (SSSR count). The molecule has 1 aromatic rings. The fourth-order valence-electron chi connectivity index (χ4n) is 2.30. The summed E-state index contributed by atoms with van der Waals surface area (Å²) >= 11 is 0. The third-order valence-electron chi connectivity index (χ3n) is 3.38. The lowest BCUT2D eigenvalue weighted by Gasteiger charge is -2.23. The van der Waals surface area contributed by atoms with Crippen LogP contribution in [0.5, 0.6) is 5.75 Å². The van der Waals surface area contributed by atoms with Crippen molar-refractivity contribution in [3.05, 3.63) is 23.8 Å². The molecular formula is C13H20N2O3S. The molecular weight excluding hydrogens is 264 g/mol. The molecule has 1 saturated heterocycles. The molecule has 0 spiro atoms. The quantitative estimate of drug-likeness (QED) is 0.879. The van der Waals surface area contributed by atoms with E-state index in [-0.39, 0.29) is 5.25 Å². The van der Waals surface area contributed by atoms with Crippen molar-refractivity contribution in [3.63, 3.8) is 0 Å². The first kappa shape index (κ1) is 14.1. The predicted molar refractivity (Wildman–Crippen MR) is 76.2 cm³/mol. The van der Waals surface area contributed by atoms with E-state index in [1.54, 1.807) is 25.3 Å². The van der Waals surface area contributed by atoms with Crippen molar-refractivity contribution in [2.75, 3.05) is 24.9 Å². The van der Waals surface area contributed by atoms with Crippen molar-refractivity contribution in [1.29, 1.82) is 0 Å². The molecule has 1 heterocycles. The number of piperidine rings is 1. The van der Waals surface area contributed by atoms with Gasteiger partial charge in [-0.3, -0.25) is 4.72 Å². The van der Waals surface area contributed by atoms with Gasteiger partial charge in [-0.1, -0.05) is 0 Å². The van der Waals surface area contributed by atoms with E-state index in [9.17, 15) is 8.42 Å². The Hall–Kier alpha value is -1.27. The standard InChI is InChI=1S/C13H20N2O3S/c1-10-9-11(3-4-13(10)18-2)15-19(16,17)12-5-7-14-8-6-12/h3-4,9,12,14-15H,5-8H2,1-2H3. The lowest BCUT2D eigenvalue weighted by Crippen LogP contribution is -2.38. The first-order chi connectivity index (χ1) is 9.03. The zero-order valence-electron chi connectivity index (χ0n) is 11.3. The fraction of sp³-hybridized carbons (Fsp3) is 0.538. The summed E-state index contributed by atoms with van der Waals surface area (Å²) in [7, 11) is -1.71. The Kier molecular flexibility index (Phi) is 4.31. The van der Waals surface area contributed by atoms with Crippen LogP contribution >= 0.6 is 0 Å². The van der Waals surface area contributed by atoms with Crippen LogP contribution in [0.15, 0.2) is 18.2 Å². The van der Waals surface area contributed by atoms with E-state index in [0.29, 0.717) is 18.5 Å². The smallest absolute Gasteiger partial charge is 0.235 e. The Labute approximate surface area is 114 Å². The third kappa shape index (κ3) is 3.39. The number of anilines is 1. The molecule has 2 N–H and O–H groups in total. The predicted octanol–water partition coefficient (Wildman–Crippen LogP) is 1.50. The van der Waals surface area contributed by atoms with Crippen LogP contribution in [0.25, 0.3) is 0 Å². The molecule has 0 saturated carbocycles. The van der Waals surface area contributed by atoms with Crippen molar-refractivity contribution in [2.24, 2.45) is 0 Å². The molecule has 1 aromatic carbocycles. The summed E-state index contributed by atoms with van der Waals surface area (Å²) in [5.41, 5.74) is 1.50. The summed E-state index contributed by atoms with van der Waals surface area (Å²) in [6, 6.07) is 5.29. The van der Waals surface area contributed by atoms with E-state index in [2.05, 4.69) is 10.0 Å². The number of sulfonamides is 1. The Bertz CT molecular complexity index is 537. The zero-order chi connectivity index (χ0) is 13.9. The van der Waals surface area contributed by atoms with Gasteiger partial charge >= 0.3 is 0 Å². The maximum absolute atomic E-state index is 12.3. The minimum atomic E-state index is -3.30. The van der Waals surface area contributed by atoms with Crippen molar-refractivity contribution >= 4 is 15.7 Å². The lowest BCUT2D eigenvalue weighted by atomic mass is 10.2. The second-order valence-corrected chi connectivity index (χ2v) is 6.74. The maximum Gasteiger partial charge on any atom is 0.235 e. The summed E-state index contributed by atoms with van der Waals surface area (Å²) in [6.45, 7) is 3.40. The topological polar surface area (TPSA) is 67.4 Å². The van der Waals surface area contributed by atoms with Crippen LogP contribution in [0.1, 0.15) is 18.4 Å². The summed E-state index contributed by atoms with van der Waals surface area (Å²) < 4.78 is 32.3. The van der Waals surface area contributed by atoms with Gasteiger partial charge in [0.25, 0.3) is 0 Å². The van der Waals surface area contributed by atoms with Crippen LogP contribution in [-0.4, -0.2) is 33.9 Å². The number of nitrogens with one attached hydrogen (secondary N) is 2. The van der Waals surface area contributed by atoms with E-state index >= 15 is 0 Å². The molecule has 0 bridgehead atoms. The minimum absolute atomic E-state index is 0.309. The number of hydrogen-bond donors (Lipinski definition) is 2. The molecule has 0 aliphatic carbocycles. The molecule has 1 aliphatic rings. The molecule has 1 fully saturated rings. The van der Waals surface area contributed by atoms with Crippen molar-refractivity contribution in [2.45, 2.75) is 25.0 Å². The van der Waals surface area contributed by atoms with Gasteiger partial charge in [-0.15, -0.1) is 0 Å². The monoisotopic (exact) mass is 284 g/mol. The highest BCUT2D eigenvalue weighted by Gasteiger charge is 2.27. The summed E-state index contributed by atoms with van der Waals surface area (Å²) in [6.07, 6.45) is 1.31. The average Bonchev–Trinajstić information content (AvgIpc) is 2.39. The molecule has 6 heteroatoms. The van der Waals surface area contributed by atoms with Crippen molar-refractivity contribution in [3.8, 4) is 5.75 Å². The van der Waals surface area contributed by atoms with Crippen LogP contribution in [-0.2, 0) is 10.0 Å². The number of rotatable bonds is 4. The van der Waals surface area contributed by atoms with Gasteiger partial charge < -0.3 is 10.1 Å². The average molecular weight is 284 g/mol. The highest BCUT2D eigenvalue weighted by atomic mass is 32.2. The molecule has 0 unspecified atom stereocenters. The van der Waals surface area contributed by atoms with Gasteiger partial charge in [-0.05, 0) is 56.6 Å². The Morgan fingerprint density at radius 1 is 1.32 bits per heavy atom. The molecule has 0 atom stereocenters. The Morgan fingerprint density at radius 3 is 2.58 bits per heavy atom. The second kappa shape index (κ2) is 5.79. The maximum atomic E-state index is 12.3. The van der Waals surface area contributed by atoms with E-state index in [1.165, 1.54) is 0 Å². The highest BCUT2D eigenvalue weighted by Crippen LogP contribution is 2.23. The van der Waals surface area contributed by atoms with E-state index in [0.717, 1.165) is 24.4 Å². The largest absolute Gasteiger partial charge is 0.496 e. The molecule has 1 aliphatic heterocycles. The van der Waals surface area contributed by atoms with Crippen LogP contribution in [0, 0.1) is 6.92 Å². The van der Waals surface area contributed by atoms with Gasteiger partial charge in [0.15, 0.2) is 0 Å². The van der Waals surface area contributed by atoms with Crippen LogP contribution in [0.3, 0.4) is 0 Å². The lowest BCUT2D eigenvalue weighted by molar-refractivity contribution is 0.412. The van der Waals surface area contributed by atoms with Crippen LogP contribution in [0.2, 0.25) is 0 Å². The van der Waals surface area contributed by atoms with Gasteiger partial charge in [0.1, 0.15) is 5.75 Å².